The van der Waals surface area contributed by atoms with Crippen molar-refractivity contribution >= 4 is 17.3 Å². The van der Waals surface area contributed by atoms with Crippen molar-refractivity contribution in [3.63, 3.8) is 0 Å². The van der Waals surface area contributed by atoms with E-state index in [9.17, 15) is 4.79 Å². The van der Waals surface area contributed by atoms with Crippen LogP contribution < -0.4 is 10.6 Å². The highest BCUT2D eigenvalue weighted by Crippen LogP contribution is 2.46. The first kappa shape index (κ1) is 19.4. The maximum Gasteiger partial charge on any atom is 0.224 e. The third kappa shape index (κ3) is 3.69. The highest BCUT2D eigenvalue weighted by Gasteiger charge is 2.46. The second kappa shape index (κ2) is 7.94. The zero-order valence-corrected chi connectivity index (χ0v) is 17.9. The number of benzene rings is 1. The standard InChI is InChI=1S/C25H37N3O/c1-17(29)27(25-11-3-2-10-24(25)26)23-15-20-8-5-9-21(16-23)28(20)22-13-18-6-4-7-19(12-18)14-22/h2-3,10-11,18-23H,4-9,12-16,26H2,1H3/t18-,19+,20-,21+,22?,23?. The van der Waals surface area contributed by atoms with E-state index in [0.717, 1.165) is 42.1 Å². The van der Waals surface area contributed by atoms with Gasteiger partial charge in [0.25, 0.3) is 0 Å². The van der Waals surface area contributed by atoms with Crippen LogP contribution in [0.3, 0.4) is 0 Å². The molecule has 1 amide bonds. The highest BCUT2D eigenvalue weighted by atomic mass is 16.2. The Morgan fingerprint density at radius 2 is 1.52 bits per heavy atom. The molecule has 0 radical (unpaired) electrons. The smallest absolute Gasteiger partial charge is 0.224 e. The Kier molecular flexibility index (Phi) is 5.32. The first-order valence-corrected chi connectivity index (χ1v) is 12.0. The van der Waals surface area contributed by atoms with Crippen LogP contribution in [0.15, 0.2) is 24.3 Å². The summed E-state index contributed by atoms with van der Waals surface area (Å²) in [7, 11) is 0. The minimum Gasteiger partial charge on any atom is -0.397 e. The molecule has 1 aromatic carbocycles. The van der Waals surface area contributed by atoms with Gasteiger partial charge in [0, 0.05) is 31.1 Å². The van der Waals surface area contributed by atoms with E-state index < -0.39 is 0 Å². The van der Waals surface area contributed by atoms with Gasteiger partial charge in [0.15, 0.2) is 0 Å². The zero-order chi connectivity index (χ0) is 20.0. The molecule has 4 nitrogen and oxygen atoms in total. The molecule has 4 fully saturated rings. The van der Waals surface area contributed by atoms with Crippen molar-refractivity contribution in [1.29, 1.82) is 0 Å². The number of amides is 1. The van der Waals surface area contributed by atoms with Crippen molar-refractivity contribution in [1.82, 2.24) is 4.90 Å². The fourth-order valence-electron chi connectivity index (χ4n) is 7.47. The SMILES string of the molecule is CC(=O)N(c1ccccc1N)C1C[C@H]2CCC[C@@H](C1)N2C1C[C@H]2CCC[C@@H](C1)C2. The molecule has 2 saturated heterocycles. The van der Waals surface area contributed by atoms with Crippen molar-refractivity contribution in [2.45, 2.75) is 102 Å². The van der Waals surface area contributed by atoms with Gasteiger partial charge in [-0.05, 0) is 68.9 Å². The number of carbonyl (C=O) groups is 1. The molecular weight excluding hydrogens is 358 g/mol. The number of carbonyl (C=O) groups excluding carboxylic acids is 1. The number of nitrogens with zero attached hydrogens (tertiary/aromatic N) is 2. The Balaban J connectivity index is 1.37. The van der Waals surface area contributed by atoms with Gasteiger partial charge in [0.05, 0.1) is 11.4 Å². The third-order valence-electron chi connectivity index (χ3n) is 8.43. The third-order valence-corrected chi connectivity index (χ3v) is 8.43. The first-order chi connectivity index (χ1) is 14.1. The van der Waals surface area contributed by atoms with Gasteiger partial charge in [0.1, 0.15) is 0 Å². The summed E-state index contributed by atoms with van der Waals surface area (Å²) in [5, 5.41) is 0. The predicted octanol–water partition coefficient (Wildman–Crippen LogP) is 4.98. The van der Waals surface area contributed by atoms with Crippen LogP contribution in [0.25, 0.3) is 0 Å². The molecule has 2 saturated carbocycles. The van der Waals surface area contributed by atoms with Gasteiger partial charge < -0.3 is 10.6 Å². The molecule has 2 aliphatic heterocycles. The van der Waals surface area contributed by atoms with E-state index in [1.165, 1.54) is 57.8 Å². The lowest BCUT2D eigenvalue weighted by molar-refractivity contribution is -0.118. The van der Waals surface area contributed by atoms with Gasteiger partial charge in [-0.15, -0.1) is 0 Å². The predicted molar refractivity (Wildman–Crippen MR) is 119 cm³/mol. The molecule has 4 aliphatic rings. The fraction of sp³-hybridized carbons (Fsp3) is 0.720. The van der Waals surface area contributed by atoms with Crippen molar-refractivity contribution < 1.29 is 4.79 Å². The molecule has 2 unspecified atom stereocenters. The summed E-state index contributed by atoms with van der Waals surface area (Å²) >= 11 is 0. The van der Waals surface area contributed by atoms with E-state index in [1.807, 2.05) is 29.2 Å². The van der Waals surface area contributed by atoms with Crippen molar-refractivity contribution in [3.05, 3.63) is 24.3 Å². The Hall–Kier alpha value is -1.55. The lowest BCUT2D eigenvalue weighted by Gasteiger charge is -2.56. The molecule has 2 heterocycles. The monoisotopic (exact) mass is 395 g/mol. The number of rotatable bonds is 3. The van der Waals surface area contributed by atoms with E-state index in [1.54, 1.807) is 6.92 Å². The average Bonchev–Trinajstić information content (AvgIpc) is 2.68. The minimum atomic E-state index is 0.131. The summed E-state index contributed by atoms with van der Waals surface area (Å²) in [5.41, 5.74) is 7.90. The van der Waals surface area contributed by atoms with Gasteiger partial charge in [-0.25, -0.2) is 0 Å². The number of anilines is 2. The summed E-state index contributed by atoms with van der Waals surface area (Å²) in [6, 6.07) is 10.2. The fourth-order valence-corrected chi connectivity index (χ4v) is 7.47. The van der Waals surface area contributed by atoms with Gasteiger partial charge in [-0.2, -0.15) is 0 Å². The van der Waals surface area contributed by atoms with E-state index in [2.05, 4.69) is 4.90 Å². The number of nitrogen functional groups attached to an aromatic ring is 1. The van der Waals surface area contributed by atoms with Crippen LogP contribution in [0.1, 0.15) is 77.6 Å². The quantitative estimate of drug-likeness (QED) is 0.735. The topological polar surface area (TPSA) is 49.6 Å². The van der Waals surface area contributed by atoms with Gasteiger partial charge >= 0.3 is 0 Å². The molecule has 2 N–H and O–H groups in total. The van der Waals surface area contributed by atoms with E-state index in [0.29, 0.717) is 12.1 Å². The zero-order valence-electron chi connectivity index (χ0n) is 17.9. The van der Waals surface area contributed by atoms with Crippen LogP contribution in [0.5, 0.6) is 0 Å². The molecule has 5 rings (SSSR count). The van der Waals surface area contributed by atoms with Crippen LogP contribution >= 0.6 is 0 Å². The highest BCUT2D eigenvalue weighted by molar-refractivity contribution is 5.95. The number of para-hydroxylation sites is 2. The first-order valence-electron chi connectivity index (χ1n) is 12.0. The summed E-state index contributed by atoms with van der Waals surface area (Å²) in [6.45, 7) is 1.71. The number of piperidine rings is 2. The normalized spacial score (nSPS) is 37.1. The summed E-state index contributed by atoms with van der Waals surface area (Å²) in [5.74, 6) is 2.08. The Morgan fingerprint density at radius 3 is 2.14 bits per heavy atom. The van der Waals surface area contributed by atoms with Crippen molar-refractivity contribution in [3.8, 4) is 0 Å². The van der Waals surface area contributed by atoms with Crippen LogP contribution in [0.2, 0.25) is 0 Å². The summed E-state index contributed by atoms with van der Waals surface area (Å²) < 4.78 is 0. The van der Waals surface area contributed by atoms with Gasteiger partial charge in [0.2, 0.25) is 5.91 Å². The van der Waals surface area contributed by atoms with Crippen LogP contribution in [-0.4, -0.2) is 35.0 Å². The van der Waals surface area contributed by atoms with Gasteiger partial charge in [-0.1, -0.05) is 37.8 Å². The maximum atomic E-state index is 12.7. The Bertz CT molecular complexity index is 723. The van der Waals surface area contributed by atoms with E-state index >= 15 is 0 Å². The summed E-state index contributed by atoms with van der Waals surface area (Å²) in [4.78, 5) is 17.7. The molecule has 4 bridgehead atoms. The van der Waals surface area contributed by atoms with Crippen molar-refractivity contribution in [2.75, 3.05) is 10.6 Å². The van der Waals surface area contributed by atoms with Gasteiger partial charge in [-0.3, -0.25) is 9.69 Å². The molecule has 0 aromatic heterocycles. The lowest BCUT2D eigenvalue weighted by Crippen LogP contribution is -2.61. The number of hydrogen-bond donors (Lipinski definition) is 1. The number of fused-ring (bicyclic) bond motifs is 4. The number of nitrogens with two attached hydrogens (primary N) is 1. The molecule has 158 valence electrons. The molecule has 1 aromatic rings. The molecular formula is C25H37N3O. The second-order valence-corrected chi connectivity index (χ2v) is 10.3. The van der Waals surface area contributed by atoms with E-state index in [-0.39, 0.29) is 11.9 Å². The maximum absolute atomic E-state index is 12.7. The molecule has 6 atom stereocenters. The van der Waals surface area contributed by atoms with E-state index in [4.69, 9.17) is 5.73 Å². The van der Waals surface area contributed by atoms with Crippen molar-refractivity contribution in [2.24, 2.45) is 11.8 Å². The molecule has 0 spiro atoms. The Morgan fingerprint density at radius 1 is 0.897 bits per heavy atom. The molecule has 2 aliphatic carbocycles. The second-order valence-electron chi connectivity index (χ2n) is 10.3. The number of hydrogen-bond acceptors (Lipinski definition) is 3. The summed E-state index contributed by atoms with van der Waals surface area (Å²) in [6.07, 6.45) is 14.9. The van der Waals surface area contributed by atoms with Crippen LogP contribution in [-0.2, 0) is 4.79 Å². The molecule has 29 heavy (non-hydrogen) atoms. The van der Waals surface area contributed by atoms with Crippen LogP contribution in [0, 0.1) is 11.8 Å². The Labute approximate surface area is 175 Å². The average molecular weight is 396 g/mol. The largest absolute Gasteiger partial charge is 0.397 e. The molecule has 4 heteroatoms. The van der Waals surface area contributed by atoms with Crippen LogP contribution in [0.4, 0.5) is 11.4 Å². The lowest BCUT2D eigenvalue weighted by atomic mass is 9.68. The minimum absolute atomic E-state index is 0.131.